The van der Waals surface area contributed by atoms with Gasteiger partial charge in [0.1, 0.15) is 5.01 Å². The summed E-state index contributed by atoms with van der Waals surface area (Å²) in [5.41, 5.74) is 8.41. The first-order valence-corrected chi connectivity index (χ1v) is 7.68. The van der Waals surface area contributed by atoms with E-state index in [0.717, 1.165) is 27.2 Å². The number of nitrogens with two attached hydrogens (primary N) is 1. The first kappa shape index (κ1) is 14.0. The molecule has 0 aliphatic carbocycles. The zero-order chi connectivity index (χ0) is 13.3. The van der Waals surface area contributed by atoms with Gasteiger partial charge in [-0.05, 0) is 47.0 Å². The van der Waals surface area contributed by atoms with Crippen molar-refractivity contribution in [3.8, 4) is 0 Å². The van der Waals surface area contributed by atoms with Crippen LogP contribution >= 0.6 is 38.9 Å². The second-order valence-electron chi connectivity index (χ2n) is 4.06. The highest BCUT2D eigenvalue weighted by molar-refractivity contribution is 9.10. The monoisotopic (exact) mass is 344 g/mol. The molecule has 0 bridgehead atoms. The molecule has 0 aliphatic heterocycles. The Labute approximate surface area is 124 Å². The lowest BCUT2D eigenvalue weighted by Gasteiger charge is -2.09. The first-order valence-electron chi connectivity index (χ1n) is 5.69. The molecule has 0 radical (unpaired) electrons. The van der Waals surface area contributed by atoms with Crippen molar-refractivity contribution >= 4 is 38.9 Å². The van der Waals surface area contributed by atoms with Crippen LogP contribution < -0.4 is 5.73 Å². The van der Waals surface area contributed by atoms with Gasteiger partial charge in [0.2, 0.25) is 0 Å². The van der Waals surface area contributed by atoms with Crippen LogP contribution in [0.25, 0.3) is 0 Å². The number of aromatic nitrogens is 1. The van der Waals surface area contributed by atoms with Crippen molar-refractivity contribution in [2.24, 2.45) is 5.73 Å². The van der Waals surface area contributed by atoms with Crippen LogP contribution in [-0.4, -0.2) is 4.98 Å². The van der Waals surface area contributed by atoms with Crippen molar-refractivity contribution in [1.82, 2.24) is 4.98 Å². The smallest absolute Gasteiger partial charge is 0.114 e. The Kier molecular flexibility index (Phi) is 4.43. The number of benzene rings is 1. The summed E-state index contributed by atoms with van der Waals surface area (Å²) < 4.78 is 0.862. The van der Waals surface area contributed by atoms with E-state index in [1.165, 1.54) is 4.88 Å². The Morgan fingerprint density at radius 2 is 2.22 bits per heavy atom. The predicted molar refractivity (Wildman–Crippen MR) is 81.4 cm³/mol. The van der Waals surface area contributed by atoms with Crippen LogP contribution in [0.1, 0.15) is 34.1 Å². The fourth-order valence-corrected chi connectivity index (χ4v) is 3.31. The normalized spacial score (nSPS) is 12.7. The van der Waals surface area contributed by atoms with Crippen molar-refractivity contribution in [2.75, 3.05) is 0 Å². The molecule has 5 heteroatoms. The van der Waals surface area contributed by atoms with Gasteiger partial charge in [0, 0.05) is 9.35 Å². The number of hydrogen-bond acceptors (Lipinski definition) is 3. The molecule has 1 aromatic carbocycles. The summed E-state index contributed by atoms with van der Waals surface area (Å²) >= 11 is 11.1. The van der Waals surface area contributed by atoms with Crippen molar-refractivity contribution in [2.45, 2.75) is 26.3 Å². The summed E-state index contributed by atoms with van der Waals surface area (Å²) in [6, 6.07) is 5.56. The second kappa shape index (κ2) is 5.70. The average molecular weight is 346 g/mol. The molecule has 0 amide bonds. The first-order chi connectivity index (χ1) is 8.52. The lowest BCUT2D eigenvalue weighted by atomic mass is 10.1. The summed E-state index contributed by atoms with van der Waals surface area (Å²) in [5.74, 6) is 0. The highest BCUT2D eigenvalue weighted by atomic mass is 79.9. The number of hydrogen-bond donors (Lipinski definition) is 1. The molecular weight excluding hydrogens is 332 g/mol. The van der Waals surface area contributed by atoms with E-state index in [-0.39, 0.29) is 6.04 Å². The number of rotatable bonds is 3. The molecule has 0 aliphatic rings. The molecule has 96 valence electrons. The van der Waals surface area contributed by atoms with E-state index in [2.05, 4.69) is 34.8 Å². The predicted octanol–water partition coefficient (Wildman–Crippen LogP) is 4.48. The van der Waals surface area contributed by atoms with E-state index in [4.69, 9.17) is 17.3 Å². The van der Waals surface area contributed by atoms with Crippen molar-refractivity contribution < 1.29 is 0 Å². The zero-order valence-corrected chi connectivity index (χ0v) is 13.4. The fourth-order valence-electron chi connectivity index (χ4n) is 1.76. The van der Waals surface area contributed by atoms with E-state index >= 15 is 0 Å². The summed E-state index contributed by atoms with van der Waals surface area (Å²) in [7, 11) is 0. The number of nitrogens with zero attached hydrogens (tertiary/aromatic N) is 1. The van der Waals surface area contributed by atoms with E-state index < -0.39 is 0 Å². The molecule has 0 saturated heterocycles. The molecule has 2 nitrogen and oxygen atoms in total. The Morgan fingerprint density at radius 3 is 2.78 bits per heavy atom. The molecule has 1 atom stereocenters. The van der Waals surface area contributed by atoms with E-state index in [0.29, 0.717) is 5.02 Å². The highest BCUT2D eigenvalue weighted by Gasteiger charge is 2.16. The van der Waals surface area contributed by atoms with Crippen LogP contribution in [0.3, 0.4) is 0 Å². The van der Waals surface area contributed by atoms with Crippen LogP contribution in [0.15, 0.2) is 22.7 Å². The summed E-state index contributed by atoms with van der Waals surface area (Å²) in [6.07, 6.45) is 0.944. The van der Waals surface area contributed by atoms with Crippen LogP contribution in [-0.2, 0) is 6.42 Å². The molecule has 0 spiro atoms. The number of halogens is 2. The van der Waals surface area contributed by atoms with E-state index in [1.54, 1.807) is 11.3 Å². The van der Waals surface area contributed by atoms with Gasteiger partial charge in [0.15, 0.2) is 0 Å². The van der Waals surface area contributed by atoms with Crippen LogP contribution in [0, 0.1) is 6.92 Å². The minimum atomic E-state index is -0.192. The van der Waals surface area contributed by atoms with Gasteiger partial charge in [-0.25, -0.2) is 4.98 Å². The molecule has 1 heterocycles. The highest BCUT2D eigenvalue weighted by Crippen LogP contribution is 2.30. The zero-order valence-electron chi connectivity index (χ0n) is 10.2. The molecular formula is C13H14BrClN2S. The summed E-state index contributed by atoms with van der Waals surface area (Å²) in [4.78, 5) is 5.85. The van der Waals surface area contributed by atoms with Gasteiger partial charge in [0.25, 0.3) is 0 Å². The second-order valence-corrected chi connectivity index (χ2v) is 6.56. The standard InChI is InChI=1S/C13H14BrClN2S/c1-3-11-7(2)18-13(17-11)12(16)8-4-5-10(15)9(14)6-8/h4-6,12H,3,16H2,1-2H3. The third-order valence-electron chi connectivity index (χ3n) is 2.81. The molecule has 2 aromatic rings. The topological polar surface area (TPSA) is 38.9 Å². The Balaban J connectivity index is 2.34. The van der Waals surface area contributed by atoms with Gasteiger partial charge in [-0.2, -0.15) is 0 Å². The molecule has 1 unspecified atom stereocenters. The minimum absolute atomic E-state index is 0.192. The molecule has 1 aromatic heterocycles. The van der Waals surface area contributed by atoms with Crippen LogP contribution in [0.4, 0.5) is 0 Å². The maximum Gasteiger partial charge on any atom is 0.114 e. The maximum absolute atomic E-state index is 6.26. The SMILES string of the molecule is CCc1nc(C(N)c2ccc(Cl)c(Br)c2)sc1C. The van der Waals surface area contributed by atoms with Gasteiger partial charge in [-0.1, -0.05) is 24.6 Å². The molecule has 2 rings (SSSR count). The van der Waals surface area contributed by atoms with Crippen molar-refractivity contribution in [3.63, 3.8) is 0 Å². The van der Waals surface area contributed by atoms with Gasteiger partial charge < -0.3 is 5.73 Å². The van der Waals surface area contributed by atoms with Gasteiger partial charge in [-0.15, -0.1) is 11.3 Å². The quantitative estimate of drug-likeness (QED) is 0.891. The van der Waals surface area contributed by atoms with Gasteiger partial charge in [-0.3, -0.25) is 0 Å². The van der Waals surface area contributed by atoms with E-state index in [9.17, 15) is 0 Å². The molecule has 0 saturated carbocycles. The third kappa shape index (κ3) is 2.77. The third-order valence-corrected chi connectivity index (χ3v) is 5.12. The Hall–Kier alpha value is -0.420. The largest absolute Gasteiger partial charge is 0.318 e. The van der Waals surface area contributed by atoms with Crippen LogP contribution in [0.5, 0.6) is 0 Å². The van der Waals surface area contributed by atoms with Crippen molar-refractivity contribution in [1.29, 1.82) is 0 Å². The van der Waals surface area contributed by atoms with Crippen LogP contribution in [0.2, 0.25) is 5.02 Å². The Morgan fingerprint density at radius 1 is 1.50 bits per heavy atom. The lowest BCUT2D eigenvalue weighted by molar-refractivity contribution is 0.843. The average Bonchev–Trinajstić information content (AvgIpc) is 2.73. The van der Waals surface area contributed by atoms with Gasteiger partial charge in [0.05, 0.1) is 16.8 Å². The lowest BCUT2D eigenvalue weighted by Crippen LogP contribution is -2.11. The number of thiazole rings is 1. The van der Waals surface area contributed by atoms with E-state index in [1.807, 2.05) is 18.2 Å². The minimum Gasteiger partial charge on any atom is -0.318 e. The molecule has 0 fully saturated rings. The maximum atomic E-state index is 6.26. The van der Waals surface area contributed by atoms with Crippen molar-refractivity contribution in [3.05, 3.63) is 48.8 Å². The fraction of sp³-hybridized carbons (Fsp3) is 0.308. The Bertz CT molecular complexity index is 568. The number of aryl methyl sites for hydroxylation is 2. The molecule has 18 heavy (non-hydrogen) atoms. The molecule has 2 N–H and O–H groups in total. The summed E-state index contributed by atoms with van der Waals surface area (Å²) in [6.45, 7) is 4.20. The van der Waals surface area contributed by atoms with Gasteiger partial charge >= 0.3 is 0 Å². The summed E-state index contributed by atoms with van der Waals surface area (Å²) in [5, 5.41) is 1.65.